The normalized spacial score (nSPS) is 11.1. The van der Waals surface area contributed by atoms with Crippen molar-refractivity contribution in [3.63, 3.8) is 0 Å². The van der Waals surface area contributed by atoms with E-state index in [0.717, 1.165) is 93.0 Å². The molecule has 10 rings (SSSR count). The summed E-state index contributed by atoms with van der Waals surface area (Å²) >= 11 is 0. The molecule has 0 spiro atoms. The van der Waals surface area contributed by atoms with Crippen molar-refractivity contribution in [3.05, 3.63) is 218 Å². The van der Waals surface area contributed by atoms with E-state index in [9.17, 15) is 19.2 Å². The lowest BCUT2D eigenvalue weighted by Crippen LogP contribution is -2.08. The molecule has 0 fully saturated rings. The summed E-state index contributed by atoms with van der Waals surface area (Å²) in [6.07, 6.45) is 0. The molecular formula is C66H48O8. The molecule has 0 unspecified atom stereocenters. The van der Waals surface area contributed by atoms with Crippen LogP contribution in [-0.2, 0) is 19.2 Å². The van der Waals surface area contributed by atoms with Crippen LogP contribution in [0.2, 0.25) is 0 Å². The highest BCUT2D eigenvalue weighted by molar-refractivity contribution is 6.06. The zero-order valence-corrected chi connectivity index (χ0v) is 41.3. The third kappa shape index (κ3) is 9.85. The van der Waals surface area contributed by atoms with Crippen LogP contribution in [0.15, 0.2) is 218 Å². The fourth-order valence-corrected chi connectivity index (χ4v) is 8.81. The van der Waals surface area contributed by atoms with E-state index in [4.69, 9.17) is 18.9 Å². The van der Waals surface area contributed by atoms with E-state index >= 15 is 0 Å². The molecule has 0 aromatic heterocycles. The van der Waals surface area contributed by atoms with Crippen molar-refractivity contribution < 1.29 is 38.1 Å². The molecule has 0 saturated heterocycles. The molecule has 0 aliphatic rings. The fourth-order valence-electron chi connectivity index (χ4n) is 8.81. The standard InChI is InChI=1S/C66H48O8/c1-37(2)63(67)71-57-23-21-47-26-51-25-45(17-18-46(51)27-52(47)31-57)41-9-13-43(14-10-41)53-29-50-20-19-49(33-59(50)61(35-53)73-65(69)39(5)6)42-11-15-44(16-12-42)54-30-56-28-48-22-24-58(72-64(68)38(3)4)32-55(48)34-60(56)62(36-54)74-66(70)40(7)8/h9-36H,1,3,5,7H2,2,4,6,8H3. The van der Waals surface area contributed by atoms with Crippen LogP contribution >= 0.6 is 0 Å². The Kier molecular flexibility index (Phi) is 12.6. The van der Waals surface area contributed by atoms with Gasteiger partial charge in [0.15, 0.2) is 0 Å². The van der Waals surface area contributed by atoms with E-state index in [1.807, 2.05) is 78.9 Å². The molecule has 0 N–H and O–H groups in total. The van der Waals surface area contributed by atoms with Crippen LogP contribution in [-0.4, -0.2) is 23.9 Å². The first-order valence-corrected chi connectivity index (χ1v) is 23.8. The zero-order valence-electron chi connectivity index (χ0n) is 41.3. The molecule has 0 amide bonds. The highest BCUT2D eigenvalue weighted by atomic mass is 16.5. The average Bonchev–Trinajstić information content (AvgIpc) is 3.39. The molecule has 0 aliphatic carbocycles. The van der Waals surface area contributed by atoms with E-state index < -0.39 is 23.9 Å². The molecule has 0 heterocycles. The van der Waals surface area contributed by atoms with E-state index in [2.05, 4.69) is 99.1 Å². The van der Waals surface area contributed by atoms with Crippen molar-refractivity contribution in [2.24, 2.45) is 0 Å². The van der Waals surface area contributed by atoms with Gasteiger partial charge in [0, 0.05) is 33.1 Å². The molecule has 0 atom stereocenters. The lowest BCUT2D eigenvalue weighted by atomic mass is 9.94. The number of rotatable bonds is 12. The van der Waals surface area contributed by atoms with E-state index in [0.29, 0.717) is 39.5 Å². The minimum absolute atomic E-state index is 0.262. The second kappa shape index (κ2) is 19.5. The molecule has 8 nitrogen and oxygen atoms in total. The SMILES string of the molecule is C=C(C)C(=O)Oc1ccc2cc3cc(-c4ccc(-c5cc(OC(=O)C(=C)C)c6cc(-c7ccc(-c8cc(OC(=O)C(=C)C)c9cc%10cc(OC(=O)C(=C)C)ccc%10cc9c8)cc7)ccc6c5)cc4)ccc3cc2c1. The predicted octanol–water partition coefficient (Wildman–Crippen LogP) is 16.0. The Hall–Kier alpha value is -9.66. The summed E-state index contributed by atoms with van der Waals surface area (Å²) in [4.78, 5) is 50.4. The van der Waals surface area contributed by atoms with Crippen molar-refractivity contribution in [2.75, 3.05) is 0 Å². The molecule has 360 valence electrons. The quantitative estimate of drug-likeness (QED) is 0.0516. The van der Waals surface area contributed by atoms with Gasteiger partial charge in [0.2, 0.25) is 0 Å². The monoisotopic (exact) mass is 968 g/mol. The molecular weight excluding hydrogens is 921 g/mol. The summed E-state index contributed by atoms with van der Waals surface area (Å²) in [7, 11) is 0. The van der Waals surface area contributed by atoms with Crippen LogP contribution in [0.25, 0.3) is 98.4 Å². The Morgan fingerprint density at radius 1 is 0.270 bits per heavy atom. The molecule has 0 radical (unpaired) electrons. The van der Waals surface area contributed by atoms with Gasteiger partial charge in [0.1, 0.15) is 23.0 Å². The van der Waals surface area contributed by atoms with Crippen molar-refractivity contribution >= 4 is 77.7 Å². The molecule has 0 aliphatic heterocycles. The lowest BCUT2D eigenvalue weighted by Gasteiger charge is -2.14. The third-order valence-electron chi connectivity index (χ3n) is 12.8. The Morgan fingerprint density at radius 2 is 0.581 bits per heavy atom. The summed E-state index contributed by atoms with van der Waals surface area (Å²) in [6.45, 7) is 21.4. The largest absolute Gasteiger partial charge is 0.423 e. The summed E-state index contributed by atoms with van der Waals surface area (Å²) in [5.41, 5.74) is 8.71. The Balaban J connectivity index is 0.939. The number of benzene rings is 10. The minimum atomic E-state index is -0.548. The maximum absolute atomic E-state index is 13.1. The number of hydrogen-bond acceptors (Lipinski definition) is 8. The third-order valence-corrected chi connectivity index (χ3v) is 12.8. The van der Waals surface area contributed by atoms with E-state index in [1.54, 1.807) is 45.9 Å². The van der Waals surface area contributed by atoms with Crippen molar-refractivity contribution in [3.8, 4) is 67.5 Å². The van der Waals surface area contributed by atoms with Gasteiger partial charge in [0.05, 0.1) is 0 Å². The number of fused-ring (bicyclic) bond motifs is 5. The maximum atomic E-state index is 13.1. The fraction of sp³-hybridized carbons (Fsp3) is 0.0606. The van der Waals surface area contributed by atoms with Gasteiger partial charge in [0.25, 0.3) is 0 Å². The van der Waals surface area contributed by atoms with Gasteiger partial charge in [-0.05, 0) is 200 Å². The second-order valence-corrected chi connectivity index (χ2v) is 18.7. The van der Waals surface area contributed by atoms with Gasteiger partial charge in [-0.3, -0.25) is 0 Å². The first kappa shape index (κ1) is 48.0. The van der Waals surface area contributed by atoms with Crippen LogP contribution in [0.1, 0.15) is 27.7 Å². The summed E-state index contributed by atoms with van der Waals surface area (Å²) in [6, 6.07) is 55.9. The van der Waals surface area contributed by atoms with E-state index in [1.165, 1.54) is 0 Å². The topological polar surface area (TPSA) is 105 Å². The number of esters is 4. The molecule has 0 bridgehead atoms. The van der Waals surface area contributed by atoms with Crippen LogP contribution in [0.4, 0.5) is 0 Å². The van der Waals surface area contributed by atoms with Gasteiger partial charge < -0.3 is 18.9 Å². The number of carbonyl (C=O) groups is 4. The second-order valence-electron chi connectivity index (χ2n) is 18.7. The van der Waals surface area contributed by atoms with Gasteiger partial charge in [-0.2, -0.15) is 0 Å². The van der Waals surface area contributed by atoms with Gasteiger partial charge in [-0.1, -0.05) is 111 Å². The van der Waals surface area contributed by atoms with Crippen LogP contribution < -0.4 is 18.9 Å². The van der Waals surface area contributed by atoms with Gasteiger partial charge in [-0.15, -0.1) is 0 Å². The Morgan fingerprint density at radius 3 is 1.04 bits per heavy atom. The Labute approximate surface area is 427 Å². The highest BCUT2D eigenvalue weighted by Crippen LogP contribution is 2.40. The van der Waals surface area contributed by atoms with Crippen LogP contribution in [0, 0.1) is 0 Å². The molecule has 10 aromatic rings. The van der Waals surface area contributed by atoms with Gasteiger partial charge >= 0.3 is 23.9 Å². The summed E-state index contributed by atoms with van der Waals surface area (Å²) in [5, 5.41) is 9.05. The predicted molar refractivity (Wildman–Crippen MR) is 298 cm³/mol. The Bertz CT molecular complexity index is 4080. The smallest absolute Gasteiger partial charge is 0.338 e. The average molecular weight is 969 g/mol. The molecule has 74 heavy (non-hydrogen) atoms. The van der Waals surface area contributed by atoms with Crippen LogP contribution in [0.3, 0.4) is 0 Å². The zero-order chi connectivity index (χ0) is 51.9. The van der Waals surface area contributed by atoms with Crippen molar-refractivity contribution in [1.29, 1.82) is 0 Å². The maximum Gasteiger partial charge on any atom is 0.338 e. The summed E-state index contributed by atoms with van der Waals surface area (Å²) < 4.78 is 22.9. The van der Waals surface area contributed by atoms with Crippen LogP contribution in [0.5, 0.6) is 23.0 Å². The first-order valence-electron chi connectivity index (χ1n) is 23.8. The number of hydrogen-bond donors (Lipinski definition) is 0. The van der Waals surface area contributed by atoms with E-state index in [-0.39, 0.29) is 11.1 Å². The molecule has 10 aromatic carbocycles. The first-order chi connectivity index (χ1) is 35.5. The van der Waals surface area contributed by atoms with Crippen molar-refractivity contribution in [1.82, 2.24) is 0 Å². The molecule has 0 saturated carbocycles. The van der Waals surface area contributed by atoms with Crippen molar-refractivity contribution in [2.45, 2.75) is 27.7 Å². The number of carbonyl (C=O) groups excluding carboxylic acids is 4. The van der Waals surface area contributed by atoms with Gasteiger partial charge in [-0.25, -0.2) is 19.2 Å². The summed E-state index contributed by atoms with van der Waals surface area (Å²) in [5.74, 6) is -0.403. The molecule has 8 heteroatoms. The highest BCUT2D eigenvalue weighted by Gasteiger charge is 2.17. The lowest BCUT2D eigenvalue weighted by molar-refractivity contribution is -0.130. The number of ether oxygens (including phenoxy) is 4. The minimum Gasteiger partial charge on any atom is -0.423 e.